The van der Waals surface area contributed by atoms with Gasteiger partial charge in [-0.2, -0.15) is 5.10 Å². The highest BCUT2D eigenvalue weighted by Gasteiger charge is 2.16. The van der Waals surface area contributed by atoms with Crippen molar-refractivity contribution in [3.8, 4) is 11.5 Å². The molecule has 1 N–H and O–H groups in total. The van der Waals surface area contributed by atoms with E-state index in [1.54, 1.807) is 37.4 Å². The van der Waals surface area contributed by atoms with Crippen molar-refractivity contribution in [1.29, 1.82) is 0 Å². The quantitative estimate of drug-likeness (QED) is 0.529. The zero-order chi connectivity index (χ0) is 19.2. The van der Waals surface area contributed by atoms with Crippen LogP contribution >= 0.6 is 22.6 Å². The van der Waals surface area contributed by atoms with E-state index in [1.807, 2.05) is 24.3 Å². The van der Waals surface area contributed by atoms with Gasteiger partial charge in [-0.05, 0) is 45.9 Å². The monoisotopic (exact) mass is 478 g/mol. The molecule has 27 heavy (non-hydrogen) atoms. The van der Waals surface area contributed by atoms with Crippen molar-refractivity contribution < 1.29 is 14.3 Å². The lowest BCUT2D eigenvalue weighted by atomic mass is 10.1. The van der Waals surface area contributed by atoms with Gasteiger partial charge in [0.1, 0.15) is 12.7 Å². The van der Waals surface area contributed by atoms with Gasteiger partial charge in [-0.25, -0.2) is 9.67 Å². The van der Waals surface area contributed by atoms with Crippen LogP contribution in [0.3, 0.4) is 0 Å². The van der Waals surface area contributed by atoms with Crippen molar-refractivity contribution in [1.82, 2.24) is 20.1 Å². The first-order chi connectivity index (χ1) is 13.1. The van der Waals surface area contributed by atoms with E-state index < -0.39 is 0 Å². The number of benzene rings is 2. The standard InChI is InChI=1S/C19H19IN4O3/c1-26-17-7-15(16(20)8-18(17)27-2)19(25)22-9-13-5-3-4-6-14(13)10-24-12-21-11-23-24/h3-8,11-12H,9-10H2,1-2H3,(H,22,25). The summed E-state index contributed by atoms with van der Waals surface area (Å²) >= 11 is 2.12. The lowest BCUT2D eigenvalue weighted by molar-refractivity contribution is 0.0949. The number of halogens is 1. The van der Waals surface area contributed by atoms with Crippen LogP contribution in [0.1, 0.15) is 21.5 Å². The normalized spacial score (nSPS) is 10.5. The maximum atomic E-state index is 12.7. The number of rotatable bonds is 7. The van der Waals surface area contributed by atoms with Gasteiger partial charge in [0.15, 0.2) is 11.5 Å². The molecule has 140 valence electrons. The van der Waals surface area contributed by atoms with Crippen LogP contribution in [-0.4, -0.2) is 34.9 Å². The van der Waals surface area contributed by atoms with Gasteiger partial charge in [-0.1, -0.05) is 24.3 Å². The number of nitrogens with one attached hydrogen (secondary N) is 1. The Labute approximate surface area is 170 Å². The first kappa shape index (κ1) is 19.2. The molecule has 0 spiro atoms. The molecule has 7 nitrogen and oxygen atoms in total. The Bertz CT molecular complexity index is 929. The van der Waals surface area contributed by atoms with Crippen LogP contribution in [0.2, 0.25) is 0 Å². The van der Waals surface area contributed by atoms with Gasteiger partial charge in [-0.3, -0.25) is 4.79 Å². The number of hydrogen-bond acceptors (Lipinski definition) is 5. The zero-order valence-electron chi connectivity index (χ0n) is 15.0. The molecule has 2 aromatic carbocycles. The Hall–Kier alpha value is -2.62. The molecule has 1 amide bonds. The Morgan fingerprint density at radius 1 is 1.15 bits per heavy atom. The highest BCUT2D eigenvalue weighted by molar-refractivity contribution is 14.1. The average molecular weight is 478 g/mol. The van der Waals surface area contributed by atoms with Crippen molar-refractivity contribution in [2.24, 2.45) is 0 Å². The Morgan fingerprint density at radius 2 is 1.85 bits per heavy atom. The summed E-state index contributed by atoms with van der Waals surface area (Å²) in [7, 11) is 3.12. The molecule has 0 atom stereocenters. The van der Waals surface area contributed by atoms with Crippen LogP contribution in [0.25, 0.3) is 0 Å². The molecule has 0 aliphatic heterocycles. The third kappa shape index (κ3) is 4.57. The van der Waals surface area contributed by atoms with Crippen LogP contribution in [0.5, 0.6) is 11.5 Å². The van der Waals surface area contributed by atoms with E-state index in [4.69, 9.17) is 9.47 Å². The first-order valence-corrected chi connectivity index (χ1v) is 9.29. The summed E-state index contributed by atoms with van der Waals surface area (Å²) < 4.78 is 13.1. The average Bonchev–Trinajstić information content (AvgIpc) is 3.19. The summed E-state index contributed by atoms with van der Waals surface area (Å²) in [4.78, 5) is 16.7. The summed E-state index contributed by atoms with van der Waals surface area (Å²) in [5, 5.41) is 7.11. The Balaban J connectivity index is 1.75. The smallest absolute Gasteiger partial charge is 0.252 e. The molecule has 1 aromatic heterocycles. The van der Waals surface area contributed by atoms with Gasteiger partial charge in [0, 0.05) is 10.1 Å². The van der Waals surface area contributed by atoms with Gasteiger partial charge in [0.2, 0.25) is 0 Å². The van der Waals surface area contributed by atoms with E-state index in [2.05, 4.69) is 38.0 Å². The molecule has 1 heterocycles. The molecule has 8 heteroatoms. The molecule has 0 fully saturated rings. The Kier molecular flexibility index (Phi) is 6.28. The van der Waals surface area contributed by atoms with Crippen LogP contribution in [0.4, 0.5) is 0 Å². The van der Waals surface area contributed by atoms with Crippen molar-refractivity contribution in [2.45, 2.75) is 13.1 Å². The van der Waals surface area contributed by atoms with Crippen LogP contribution in [0.15, 0.2) is 49.1 Å². The molecule has 0 saturated heterocycles. The minimum absolute atomic E-state index is 0.170. The third-order valence-corrected chi connectivity index (χ3v) is 4.97. The fraction of sp³-hybridized carbons (Fsp3) is 0.211. The van der Waals surface area contributed by atoms with Crippen molar-refractivity contribution in [3.63, 3.8) is 0 Å². The third-order valence-electron chi connectivity index (χ3n) is 4.07. The van der Waals surface area contributed by atoms with E-state index >= 15 is 0 Å². The molecule has 0 aliphatic carbocycles. The molecule has 0 unspecified atom stereocenters. The molecular weight excluding hydrogens is 459 g/mol. The second-order valence-electron chi connectivity index (χ2n) is 5.73. The van der Waals surface area contributed by atoms with E-state index in [-0.39, 0.29) is 5.91 Å². The van der Waals surface area contributed by atoms with Crippen LogP contribution < -0.4 is 14.8 Å². The predicted octanol–water partition coefficient (Wildman–Crippen LogP) is 2.88. The first-order valence-electron chi connectivity index (χ1n) is 8.21. The second kappa shape index (κ2) is 8.85. The number of hydrogen-bond donors (Lipinski definition) is 1. The largest absolute Gasteiger partial charge is 0.493 e. The predicted molar refractivity (Wildman–Crippen MR) is 109 cm³/mol. The molecule has 0 aliphatic rings. The molecule has 0 radical (unpaired) electrons. The number of ether oxygens (including phenoxy) is 2. The van der Waals surface area contributed by atoms with Gasteiger partial charge in [-0.15, -0.1) is 0 Å². The van der Waals surface area contributed by atoms with Crippen molar-refractivity contribution in [2.75, 3.05) is 14.2 Å². The van der Waals surface area contributed by atoms with Crippen molar-refractivity contribution in [3.05, 3.63) is 69.3 Å². The van der Waals surface area contributed by atoms with E-state index in [0.717, 1.165) is 14.7 Å². The molecule has 3 rings (SSSR count). The summed E-state index contributed by atoms with van der Waals surface area (Å²) in [5.41, 5.74) is 2.64. The van der Waals surface area contributed by atoms with Crippen molar-refractivity contribution >= 4 is 28.5 Å². The van der Waals surface area contributed by atoms with E-state index in [0.29, 0.717) is 30.2 Å². The number of carbonyl (C=O) groups is 1. The highest BCUT2D eigenvalue weighted by Crippen LogP contribution is 2.31. The summed E-state index contributed by atoms with van der Waals surface area (Å²) in [6, 6.07) is 11.4. The maximum Gasteiger partial charge on any atom is 0.252 e. The fourth-order valence-electron chi connectivity index (χ4n) is 2.67. The van der Waals surface area contributed by atoms with Crippen LogP contribution in [0, 0.1) is 3.57 Å². The Morgan fingerprint density at radius 3 is 2.52 bits per heavy atom. The van der Waals surface area contributed by atoms with Gasteiger partial charge >= 0.3 is 0 Å². The number of nitrogens with zero attached hydrogens (tertiary/aromatic N) is 3. The summed E-state index contributed by atoms with van der Waals surface area (Å²) in [6.45, 7) is 1.01. The second-order valence-corrected chi connectivity index (χ2v) is 6.89. The molecule has 0 saturated carbocycles. The maximum absolute atomic E-state index is 12.7. The highest BCUT2D eigenvalue weighted by atomic mass is 127. The summed E-state index contributed by atoms with van der Waals surface area (Å²) in [5.74, 6) is 0.946. The SMILES string of the molecule is COc1cc(I)c(C(=O)NCc2ccccc2Cn2cncn2)cc1OC. The topological polar surface area (TPSA) is 78.3 Å². The van der Waals surface area contributed by atoms with E-state index in [1.165, 1.54) is 6.33 Å². The van der Waals surface area contributed by atoms with Crippen LogP contribution in [-0.2, 0) is 13.1 Å². The lowest BCUT2D eigenvalue weighted by Crippen LogP contribution is -2.24. The zero-order valence-corrected chi connectivity index (χ0v) is 17.1. The van der Waals surface area contributed by atoms with Gasteiger partial charge in [0.25, 0.3) is 5.91 Å². The molecule has 3 aromatic rings. The number of carbonyl (C=O) groups excluding carboxylic acids is 1. The van der Waals surface area contributed by atoms with Gasteiger partial charge in [0.05, 0.1) is 26.3 Å². The van der Waals surface area contributed by atoms with Gasteiger partial charge < -0.3 is 14.8 Å². The number of aromatic nitrogens is 3. The number of amides is 1. The fourth-order valence-corrected chi connectivity index (χ4v) is 3.36. The minimum atomic E-state index is -0.170. The molecule has 0 bridgehead atoms. The summed E-state index contributed by atoms with van der Waals surface area (Å²) in [6.07, 6.45) is 3.17. The number of methoxy groups -OCH3 is 2. The van der Waals surface area contributed by atoms with E-state index in [9.17, 15) is 4.79 Å². The minimum Gasteiger partial charge on any atom is -0.493 e. The molecular formula is C19H19IN4O3. The lowest BCUT2D eigenvalue weighted by Gasteiger charge is -2.13.